The summed E-state index contributed by atoms with van der Waals surface area (Å²) in [4.78, 5) is 16.0. The zero-order valence-corrected chi connectivity index (χ0v) is 9.48. The van der Waals surface area contributed by atoms with Crippen molar-refractivity contribution >= 4 is 5.91 Å². The maximum absolute atomic E-state index is 11.9. The average Bonchev–Trinajstić information content (AvgIpc) is 2.16. The van der Waals surface area contributed by atoms with Gasteiger partial charge in [0.15, 0.2) is 0 Å². The van der Waals surface area contributed by atoms with Crippen molar-refractivity contribution in [3.8, 4) is 0 Å². The van der Waals surface area contributed by atoms with Gasteiger partial charge in [-0.05, 0) is 18.8 Å². The molecule has 0 saturated carbocycles. The van der Waals surface area contributed by atoms with Gasteiger partial charge >= 0.3 is 0 Å². The van der Waals surface area contributed by atoms with E-state index in [9.17, 15) is 4.79 Å². The Hall–Kier alpha value is -0.610. The molecular formula is C11H21N3O. The molecule has 15 heavy (non-hydrogen) atoms. The highest BCUT2D eigenvalue weighted by Gasteiger charge is 2.27. The molecule has 0 atom stereocenters. The first-order chi connectivity index (χ1) is 7.15. The van der Waals surface area contributed by atoms with Crippen LogP contribution in [-0.2, 0) is 4.79 Å². The summed E-state index contributed by atoms with van der Waals surface area (Å²) in [5, 5.41) is 0. The van der Waals surface area contributed by atoms with Crippen LogP contribution in [0.1, 0.15) is 19.8 Å². The van der Waals surface area contributed by atoms with E-state index in [2.05, 4.69) is 11.8 Å². The van der Waals surface area contributed by atoms with Crippen LogP contribution in [0.4, 0.5) is 0 Å². The van der Waals surface area contributed by atoms with E-state index in [-0.39, 0.29) is 5.91 Å². The minimum atomic E-state index is 0.286. The molecule has 0 aromatic heterocycles. The van der Waals surface area contributed by atoms with Crippen molar-refractivity contribution in [3.05, 3.63) is 0 Å². The SMILES string of the molecule is CC1CCN(C(=O)CN2CC(N)C2)CC1. The van der Waals surface area contributed by atoms with Gasteiger partial charge < -0.3 is 10.6 Å². The number of nitrogens with zero attached hydrogens (tertiary/aromatic N) is 2. The number of hydrogen-bond donors (Lipinski definition) is 1. The zero-order chi connectivity index (χ0) is 10.8. The quantitative estimate of drug-likeness (QED) is 0.693. The lowest BCUT2D eigenvalue weighted by Gasteiger charge is -2.38. The number of nitrogens with two attached hydrogens (primary N) is 1. The van der Waals surface area contributed by atoms with Gasteiger partial charge in [-0.25, -0.2) is 0 Å². The molecule has 2 rings (SSSR count). The molecule has 2 N–H and O–H groups in total. The second-order valence-corrected chi connectivity index (χ2v) is 5.02. The predicted molar refractivity (Wildman–Crippen MR) is 59.4 cm³/mol. The highest BCUT2D eigenvalue weighted by Crippen LogP contribution is 2.16. The lowest BCUT2D eigenvalue weighted by molar-refractivity contribution is -0.134. The monoisotopic (exact) mass is 211 g/mol. The number of hydrogen-bond acceptors (Lipinski definition) is 3. The zero-order valence-electron chi connectivity index (χ0n) is 9.48. The number of carbonyl (C=O) groups excluding carboxylic acids is 1. The van der Waals surface area contributed by atoms with Crippen LogP contribution in [0.15, 0.2) is 0 Å². The molecule has 2 fully saturated rings. The van der Waals surface area contributed by atoms with Crippen LogP contribution < -0.4 is 5.73 Å². The molecule has 0 spiro atoms. The topological polar surface area (TPSA) is 49.6 Å². The van der Waals surface area contributed by atoms with Crippen LogP contribution in [-0.4, -0.2) is 54.5 Å². The Morgan fingerprint density at radius 1 is 1.33 bits per heavy atom. The van der Waals surface area contributed by atoms with E-state index < -0.39 is 0 Å². The van der Waals surface area contributed by atoms with Crippen LogP contribution in [0, 0.1) is 5.92 Å². The number of likely N-dealkylation sites (tertiary alicyclic amines) is 2. The molecule has 0 aliphatic carbocycles. The summed E-state index contributed by atoms with van der Waals surface area (Å²) in [5.74, 6) is 1.07. The first kappa shape index (κ1) is 10.9. The van der Waals surface area contributed by atoms with Crippen LogP contribution in [0.25, 0.3) is 0 Å². The van der Waals surface area contributed by atoms with Gasteiger partial charge in [0.1, 0.15) is 0 Å². The smallest absolute Gasteiger partial charge is 0.236 e. The molecule has 1 amide bonds. The second kappa shape index (κ2) is 4.49. The summed E-state index contributed by atoms with van der Waals surface area (Å²) in [6.07, 6.45) is 2.32. The molecule has 2 aliphatic rings. The number of piperidine rings is 1. The highest BCUT2D eigenvalue weighted by molar-refractivity contribution is 5.78. The Balaban J connectivity index is 1.71. The normalized spacial score (nSPS) is 25.3. The molecule has 4 heteroatoms. The molecule has 86 valence electrons. The van der Waals surface area contributed by atoms with Crippen molar-refractivity contribution in [1.29, 1.82) is 0 Å². The van der Waals surface area contributed by atoms with Gasteiger partial charge in [-0.15, -0.1) is 0 Å². The molecule has 0 radical (unpaired) electrons. The van der Waals surface area contributed by atoms with Crippen molar-refractivity contribution < 1.29 is 4.79 Å². The van der Waals surface area contributed by atoms with Crippen molar-refractivity contribution in [2.45, 2.75) is 25.8 Å². The molecule has 0 bridgehead atoms. The molecule has 4 nitrogen and oxygen atoms in total. The Bertz CT molecular complexity index is 230. The van der Waals surface area contributed by atoms with E-state index in [4.69, 9.17) is 5.73 Å². The van der Waals surface area contributed by atoms with Crippen molar-refractivity contribution in [1.82, 2.24) is 9.80 Å². The molecule has 2 saturated heterocycles. The molecular weight excluding hydrogens is 190 g/mol. The van der Waals surface area contributed by atoms with E-state index in [1.807, 2.05) is 4.90 Å². The van der Waals surface area contributed by atoms with E-state index in [0.29, 0.717) is 12.6 Å². The van der Waals surface area contributed by atoms with Gasteiger partial charge in [-0.2, -0.15) is 0 Å². The van der Waals surface area contributed by atoms with Crippen LogP contribution in [0.2, 0.25) is 0 Å². The van der Waals surface area contributed by atoms with E-state index in [0.717, 1.165) is 44.9 Å². The van der Waals surface area contributed by atoms with E-state index in [1.165, 1.54) is 0 Å². The fraction of sp³-hybridized carbons (Fsp3) is 0.909. The van der Waals surface area contributed by atoms with Gasteiger partial charge in [-0.1, -0.05) is 6.92 Å². The van der Waals surface area contributed by atoms with Crippen molar-refractivity contribution in [3.63, 3.8) is 0 Å². The lowest BCUT2D eigenvalue weighted by atomic mass is 9.99. The largest absolute Gasteiger partial charge is 0.342 e. The third-order valence-corrected chi connectivity index (χ3v) is 3.48. The lowest BCUT2D eigenvalue weighted by Crippen LogP contribution is -2.58. The first-order valence-corrected chi connectivity index (χ1v) is 5.91. The van der Waals surface area contributed by atoms with Crippen LogP contribution >= 0.6 is 0 Å². The highest BCUT2D eigenvalue weighted by atomic mass is 16.2. The molecule has 2 aliphatic heterocycles. The predicted octanol–water partition coefficient (Wildman–Crippen LogP) is -0.112. The van der Waals surface area contributed by atoms with Crippen molar-refractivity contribution in [2.24, 2.45) is 11.7 Å². The number of rotatable bonds is 2. The van der Waals surface area contributed by atoms with Gasteiger partial charge in [0.25, 0.3) is 0 Å². The van der Waals surface area contributed by atoms with Gasteiger partial charge in [-0.3, -0.25) is 9.69 Å². The fourth-order valence-electron chi connectivity index (χ4n) is 2.29. The van der Waals surface area contributed by atoms with E-state index >= 15 is 0 Å². The first-order valence-electron chi connectivity index (χ1n) is 5.91. The average molecular weight is 211 g/mol. The summed E-state index contributed by atoms with van der Waals surface area (Å²) < 4.78 is 0. The van der Waals surface area contributed by atoms with Gasteiger partial charge in [0.05, 0.1) is 6.54 Å². The molecule has 0 aromatic carbocycles. The number of carbonyl (C=O) groups is 1. The third-order valence-electron chi connectivity index (χ3n) is 3.48. The Morgan fingerprint density at radius 2 is 1.93 bits per heavy atom. The Labute approximate surface area is 91.4 Å². The maximum atomic E-state index is 11.9. The number of amides is 1. The minimum absolute atomic E-state index is 0.286. The standard InChI is InChI=1S/C11H21N3O/c1-9-2-4-14(5-3-9)11(15)8-13-6-10(12)7-13/h9-10H,2-8,12H2,1H3. The summed E-state index contributed by atoms with van der Waals surface area (Å²) in [7, 11) is 0. The molecule has 2 heterocycles. The van der Waals surface area contributed by atoms with Gasteiger partial charge in [0.2, 0.25) is 5.91 Å². The summed E-state index contributed by atoms with van der Waals surface area (Å²) in [6.45, 7) is 6.49. The summed E-state index contributed by atoms with van der Waals surface area (Å²) in [6, 6.07) is 0.291. The van der Waals surface area contributed by atoms with Crippen LogP contribution in [0.3, 0.4) is 0 Å². The Morgan fingerprint density at radius 3 is 2.47 bits per heavy atom. The second-order valence-electron chi connectivity index (χ2n) is 5.02. The van der Waals surface area contributed by atoms with Crippen molar-refractivity contribution in [2.75, 3.05) is 32.7 Å². The third kappa shape index (κ3) is 2.69. The van der Waals surface area contributed by atoms with Gasteiger partial charge in [0, 0.05) is 32.2 Å². The Kier molecular flexibility index (Phi) is 3.26. The maximum Gasteiger partial charge on any atom is 0.236 e. The minimum Gasteiger partial charge on any atom is -0.342 e. The fourth-order valence-corrected chi connectivity index (χ4v) is 2.29. The summed E-state index contributed by atoms with van der Waals surface area (Å²) >= 11 is 0. The van der Waals surface area contributed by atoms with E-state index in [1.54, 1.807) is 0 Å². The molecule has 0 unspecified atom stereocenters. The molecule has 0 aromatic rings. The summed E-state index contributed by atoms with van der Waals surface area (Å²) in [5.41, 5.74) is 5.67. The van der Waals surface area contributed by atoms with Crippen LogP contribution in [0.5, 0.6) is 0 Å².